The zero-order chi connectivity index (χ0) is 14.7. The van der Waals surface area contributed by atoms with Crippen LogP contribution in [0.1, 0.15) is 17.2 Å². The second-order valence-electron chi connectivity index (χ2n) is 5.04. The number of nitrogens with one attached hydrogen (secondary N) is 1. The largest absolute Gasteiger partial charge is 0.275 e. The number of aromatic nitrogens is 2. The van der Waals surface area contributed by atoms with Crippen LogP contribution in [0.3, 0.4) is 0 Å². The molecule has 1 aromatic heterocycles. The van der Waals surface area contributed by atoms with Gasteiger partial charge in [-0.25, -0.2) is 5.43 Å². The molecule has 0 amide bonds. The predicted octanol–water partition coefficient (Wildman–Crippen LogP) is 2.64. The SMILES string of the molecule is Cn1cc(C(NN)c2ccc(-c3ccccc3)cc2)cn1. The van der Waals surface area contributed by atoms with E-state index in [9.17, 15) is 0 Å². The number of aryl methyl sites for hydroxylation is 1. The highest BCUT2D eigenvalue weighted by Crippen LogP contribution is 2.24. The first-order valence-corrected chi connectivity index (χ1v) is 6.88. The summed E-state index contributed by atoms with van der Waals surface area (Å²) in [6.45, 7) is 0. The van der Waals surface area contributed by atoms with Crippen LogP contribution >= 0.6 is 0 Å². The fourth-order valence-corrected chi connectivity index (χ4v) is 2.47. The van der Waals surface area contributed by atoms with Crippen LogP contribution in [0.4, 0.5) is 0 Å². The molecule has 0 radical (unpaired) electrons. The van der Waals surface area contributed by atoms with Crippen molar-refractivity contribution < 1.29 is 0 Å². The molecule has 4 nitrogen and oxygen atoms in total. The average molecular weight is 278 g/mol. The lowest BCUT2D eigenvalue weighted by molar-refractivity contribution is 0.636. The second-order valence-corrected chi connectivity index (χ2v) is 5.04. The first-order valence-electron chi connectivity index (χ1n) is 6.88. The number of nitrogens with zero attached hydrogens (tertiary/aromatic N) is 2. The van der Waals surface area contributed by atoms with Crippen LogP contribution < -0.4 is 11.3 Å². The third-order valence-electron chi connectivity index (χ3n) is 3.58. The lowest BCUT2D eigenvalue weighted by atomic mass is 9.98. The van der Waals surface area contributed by atoms with E-state index < -0.39 is 0 Å². The van der Waals surface area contributed by atoms with E-state index in [0.29, 0.717) is 0 Å². The Kier molecular flexibility index (Phi) is 3.81. The smallest absolute Gasteiger partial charge is 0.0740 e. The minimum absolute atomic E-state index is 0.0523. The lowest BCUT2D eigenvalue weighted by Crippen LogP contribution is -2.28. The average Bonchev–Trinajstić information content (AvgIpc) is 2.96. The normalized spacial score (nSPS) is 12.3. The molecule has 1 unspecified atom stereocenters. The molecule has 0 saturated carbocycles. The summed E-state index contributed by atoms with van der Waals surface area (Å²) in [5, 5.41) is 4.20. The zero-order valence-corrected chi connectivity index (χ0v) is 11.9. The van der Waals surface area contributed by atoms with Gasteiger partial charge in [0.2, 0.25) is 0 Å². The molecule has 3 rings (SSSR count). The van der Waals surface area contributed by atoms with Crippen molar-refractivity contribution in [2.75, 3.05) is 0 Å². The Morgan fingerprint density at radius 1 is 0.952 bits per heavy atom. The summed E-state index contributed by atoms with van der Waals surface area (Å²) < 4.78 is 1.78. The standard InChI is InChI=1S/C17H18N4/c1-21-12-16(11-19-21)17(20-18)15-9-7-14(8-10-15)13-5-3-2-4-6-13/h2-12,17,20H,18H2,1H3. The van der Waals surface area contributed by atoms with Crippen molar-refractivity contribution in [1.29, 1.82) is 0 Å². The minimum atomic E-state index is -0.0523. The topological polar surface area (TPSA) is 55.9 Å². The van der Waals surface area contributed by atoms with Gasteiger partial charge >= 0.3 is 0 Å². The van der Waals surface area contributed by atoms with Crippen LogP contribution in [0.15, 0.2) is 67.0 Å². The number of hydrogen-bond donors (Lipinski definition) is 2. The summed E-state index contributed by atoms with van der Waals surface area (Å²) >= 11 is 0. The van der Waals surface area contributed by atoms with Gasteiger partial charge in [-0.2, -0.15) is 5.10 Å². The molecular weight excluding hydrogens is 260 g/mol. The van der Waals surface area contributed by atoms with Gasteiger partial charge in [-0.1, -0.05) is 54.6 Å². The lowest BCUT2D eigenvalue weighted by Gasteiger charge is -2.15. The zero-order valence-electron chi connectivity index (χ0n) is 11.9. The number of benzene rings is 2. The fourth-order valence-electron chi connectivity index (χ4n) is 2.47. The molecule has 0 spiro atoms. The van der Waals surface area contributed by atoms with Crippen molar-refractivity contribution in [3.63, 3.8) is 0 Å². The summed E-state index contributed by atoms with van der Waals surface area (Å²) in [4.78, 5) is 0. The number of hydrazine groups is 1. The van der Waals surface area contributed by atoms with E-state index in [1.54, 1.807) is 4.68 Å². The minimum Gasteiger partial charge on any atom is -0.275 e. The monoisotopic (exact) mass is 278 g/mol. The summed E-state index contributed by atoms with van der Waals surface area (Å²) in [5.74, 6) is 5.71. The van der Waals surface area contributed by atoms with Crippen LogP contribution in [-0.4, -0.2) is 9.78 Å². The van der Waals surface area contributed by atoms with Gasteiger partial charge in [0.25, 0.3) is 0 Å². The maximum absolute atomic E-state index is 5.71. The Balaban J connectivity index is 1.89. The van der Waals surface area contributed by atoms with Gasteiger partial charge in [-0.3, -0.25) is 10.5 Å². The molecule has 0 aliphatic heterocycles. The third kappa shape index (κ3) is 2.86. The van der Waals surface area contributed by atoms with Gasteiger partial charge in [0, 0.05) is 18.8 Å². The molecule has 1 atom stereocenters. The molecule has 2 aromatic carbocycles. The summed E-state index contributed by atoms with van der Waals surface area (Å²) in [5.41, 5.74) is 7.42. The Labute approximate surface area is 124 Å². The molecule has 0 saturated heterocycles. The first kappa shape index (κ1) is 13.5. The number of rotatable bonds is 4. The highest BCUT2D eigenvalue weighted by molar-refractivity contribution is 5.63. The first-order chi connectivity index (χ1) is 10.3. The Hall–Kier alpha value is -2.43. The predicted molar refractivity (Wildman–Crippen MR) is 84.3 cm³/mol. The summed E-state index contributed by atoms with van der Waals surface area (Å²) in [7, 11) is 1.90. The fraction of sp³-hybridized carbons (Fsp3) is 0.118. The summed E-state index contributed by atoms with van der Waals surface area (Å²) in [6, 6.07) is 18.7. The molecule has 0 aliphatic carbocycles. The van der Waals surface area contributed by atoms with E-state index in [1.807, 2.05) is 37.6 Å². The quantitative estimate of drug-likeness (QED) is 0.570. The molecule has 3 aromatic rings. The van der Waals surface area contributed by atoms with Crippen molar-refractivity contribution in [1.82, 2.24) is 15.2 Å². The van der Waals surface area contributed by atoms with Crippen LogP contribution in [0.5, 0.6) is 0 Å². The van der Waals surface area contributed by atoms with Crippen LogP contribution in [0.2, 0.25) is 0 Å². The van der Waals surface area contributed by atoms with E-state index in [4.69, 9.17) is 5.84 Å². The highest BCUT2D eigenvalue weighted by atomic mass is 15.3. The third-order valence-corrected chi connectivity index (χ3v) is 3.58. The molecule has 0 bridgehead atoms. The van der Waals surface area contributed by atoms with Crippen LogP contribution in [0, 0.1) is 0 Å². The van der Waals surface area contributed by atoms with Crippen molar-refractivity contribution in [3.8, 4) is 11.1 Å². The van der Waals surface area contributed by atoms with Gasteiger partial charge in [0.1, 0.15) is 0 Å². The van der Waals surface area contributed by atoms with Crippen molar-refractivity contribution in [3.05, 3.63) is 78.1 Å². The van der Waals surface area contributed by atoms with E-state index in [1.165, 1.54) is 11.1 Å². The maximum atomic E-state index is 5.71. The molecule has 21 heavy (non-hydrogen) atoms. The van der Waals surface area contributed by atoms with E-state index in [-0.39, 0.29) is 6.04 Å². The van der Waals surface area contributed by atoms with Gasteiger partial charge in [0.05, 0.1) is 12.2 Å². The molecule has 3 N–H and O–H groups in total. The molecular formula is C17H18N4. The van der Waals surface area contributed by atoms with Crippen molar-refractivity contribution >= 4 is 0 Å². The van der Waals surface area contributed by atoms with E-state index in [0.717, 1.165) is 11.1 Å². The Morgan fingerprint density at radius 2 is 1.62 bits per heavy atom. The Morgan fingerprint density at radius 3 is 2.19 bits per heavy atom. The Bertz CT molecular complexity index is 701. The van der Waals surface area contributed by atoms with Crippen LogP contribution in [0.25, 0.3) is 11.1 Å². The number of hydrogen-bond acceptors (Lipinski definition) is 3. The van der Waals surface area contributed by atoms with Gasteiger partial charge in [-0.05, 0) is 16.7 Å². The van der Waals surface area contributed by atoms with Gasteiger partial charge in [0.15, 0.2) is 0 Å². The molecule has 1 heterocycles. The maximum Gasteiger partial charge on any atom is 0.0740 e. The number of nitrogens with two attached hydrogens (primary N) is 1. The summed E-state index contributed by atoms with van der Waals surface area (Å²) in [6.07, 6.45) is 3.80. The molecule has 0 fully saturated rings. The molecule has 106 valence electrons. The van der Waals surface area contributed by atoms with Crippen molar-refractivity contribution in [2.45, 2.75) is 6.04 Å². The van der Waals surface area contributed by atoms with Gasteiger partial charge in [-0.15, -0.1) is 0 Å². The van der Waals surface area contributed by atoms with E-state index in [2.05, 4.69) is 46.9 Å². The van der Waals surface area contributed by atoms with Gasteiger partial charge < -0.3 is 0 Å². The van der Waals surface area contributed by atoms with E-state index >= 15 is 0 Å². The van der Waals surface area contributed by atoms with Crippen LogP contribution in [-0.2, 0) is 7.05 Å². The second kappa shape index (κ2) is 5.91. The molecule has 0 aliphatic rings. The molecule has 4 heteroatoms. The highest BCUT2D eigenvalue weighted by Gasteiger charge is 2.14. The van der Waals surface area contributed by atoms with Crippen molar-refractivity contribution in [2.24, 2.45) is 12.9 Å².